The minimum absolute atomic E-state index is 0.0527. The van der Waals surface area contributed by atoms with Crippen molar-refractivity contribution in [3.63, 3.8) is 0 Å². The van der Waals surface area contributed by atoms with Crippen molar-refractivity contribution in [2.45, 2.75) is 12.6 Å². The molecule has 0 aliphatic heterocycles. The van der Waals surface area contributed by atoms with Gasteiger partial charge in [0, 0.05) is 24.5 Å². The fraction of sp³-hybridized carbons (Fsp3) is 0.214. The van der Waals surface area contributed by atoms with Crippen molar-refractivity contribution in [2.24, 2.45) is 0 Å². The van der Waals surface area contributed by atoms with Crippen molar-refractivity contribution in [2.75, 3.05) is 12.3 Å². The van der Waals surface area contributed by atoms with Crippen LogP contribution in [0.25, 0.3) is 0 Å². The predicted molar refractivity (Wildman–Crippen MR) is 69.3 cm³/mol. The van der Waals surface area contributed by atoms with Crippen molar-refractivity contribution >= 4 is 5.69 Å². The Balaban J connectivity index is 2.06. The van der Waals surface area contributed by atoms with Crippen molar-refractivity contribution in [1.82, 2.24) is 4.98 Å². The maximum absolute atomic E-state index is 12.8. The highest BCUT2D eigenvalue weighted by Gasteiger charge is 2.34. The van der Waals surface area contributed by atoms with Gasteiger partial charge in [0.1, 0.15) is 5.75 Å². The van der Waals surface area contributed by atoms with E-state index in [0.29, 0.717) is 6.42 Å². The van der Waals surface area contributed by atoms with Gasteiger partial charge in [-0.05, 0) is 29.8 Å². The lowest BCUT2D eigenvalue weighted by Gasteiger charge is -2.14. The van der Waals surface area contributed by atoms with Crippen LogP contribution in [0.2, 0.25) is 0 Å². The Kier molecular flexibility index (Phi) is 4.12. The van der Waals surface area contributed by atoms with E-state index in [4.69, 9.17) is 10.5 Å². The molecule has 0 amide bonds. The third-order valence-electron chi connectivity index (χ3n) is 2.68. The van der Waals surface area contributed by atoms with Gasteiger partial charge in [0.25, 0.3) is 0 Å². The molecule has 1 heterocycles. The Morgan fingerprint density at radius 1 is 1.20 bits per heavy atom. The Morgan fingerprint density at radius 2 is 2.00 bits per heavy atom. The summed E-state index contributed by atoms with van der Waals surface area (Å²) in [6.07, 6.45) is -0.725. The van der Waals surface area contributed by atoms with E-state index in [1.807, 2.05) is 6.07 Å². The van der Waals surface area contributed by atoms with Gasteiger partial charge in [0.2, 0.25) is 0 Å². The molecule has 0 atom stereocenters. The number of alkyl halides is 3. The zero-order valence-electron chi connectivity index (χ0n) is 10.5. The molecule has 6 heteroatoms. The monoisotopic (exact) mass is 282 g/mol. The molecule has 2 rings (SSSR count). The lowest BCUT2D eigenvalue weighted by atomic mass is 10.1. The summed E-state index contributed by atoms with van der Waals surface area (Å²) >= 11 is 0. The second-order valence-corrected chi connectivity index (χ2v) is 4.21. The van der Waals surface area contributed by atoms with Crippen LogP contribution in [0.5, 0.6) is 5.75 Å². The van der Waals surface area contributed by atoms with Crippen LogP contribution in [-0.4, -0.2) is 11.6 Å². The van der Waals surface area contributed by atoms with Gasteiger partial charge < -0.3 is 10.5 Å². The van der Waals surface area contributed by atoms with Crippen LogP contribution in [0.4, 0.5) is 18.9 Å². The van der Waals surface area contributed by atoms with Crippen LogP contribution in [0, 0.1) is 0 Å². The van der Waals surface area contributed by atoms with Gasteiger partial charge in [-0.25, -0.2) is 0 Å². The van der Waals surface area contributed by atoms with Crippen molar-refractivity contribution in [1.29, 1.82) is 0 Å². The molecule has 0 aliphatic rings. The van der Waals surface area contributed by atoms with Crippen molar-refractivity contribution < 1.29 is 17.9 Å². The quantitative estimate of drug-likeness (QED) is 0.875. The molecule has 1 aromatic carbocycles. The summed E-state index contributed by atoms with van der Waals surface area (Å²) in [7, 11) is 0. The minimum Gasteiger partial charge on any atom is -0.493 e. The number of ether oxygens (including phenoxy) is 1. The minimum atomic E-state index is -4.49. The average molecular weight is 282 g/mol. The second-order valence-electron chi connectivity index (χ2n) is 4.21. The molecule has 3 nitrogen and oxygen atoms in total. The van der Waals surface area contributed by atoms with E-state index in [9.17, 15) is 13.2 Å². The van der Waals surface area contributed by atoms with Crippen LogP contribution < -0.4 is 10.5 Å². The Bertz CT molecular complexity index is 570. The fourth-order valence-corrected chi connectivity index (χ4v) is 1.72. The molecule has 0 bridgehead atoms. The van der Waals surface area contributed by atoms with Gasteiger partial charge in [-0.2, -0.15) is 13.2 Å². The molecule has 2 N–H and O–H groups in total. The molecule has 0 unspecified atom stereocenters. The highest BCUT2D eigenvalue weighted by Crippen LogP contribution is 2.37. The van der Waals surface area contributed by atoms with Crippen LogP contribution in [-0.2, 0) is 12.6 Å². The average Bonchev–Trinajstić information content (AvgIpc) is 2.40. The van der Waals surface area contributed by atoms with Gasteiger partial charge >= 0.3 is 6.18 Å². The number of halogens is 3. The molecule has 20 heavy (non-hydrogen) atoms. The Labute approximate surface area is 114 Å². The molecule has 0 saturated carbocycles. The van der Waals surface area contributed by atoms with Crippen molar-refractivity contribution in [3.05, 3.63) is 53.9 Å². The molecule has 0 saturated heterocycles. The maximum atomic E-state index is 12.8. The van der Waals surface area contributed by atoms with Crippen LogP contribution >= 0.6 is 0 Å². The van der Waals surface area contributed by atoms with E-state index in [2.05, 4.69) is 4.98 Å². The lowest BCUT2D eigenvalue weighted by Crippen LogP contribution is -2.11. The molecule has 1 aromatic heterocycles. The van der Waals surface area contributed by atoms with E-state index >= 15 is 0 Å². The van der Waals surface area contributed by atoms with E-state index in [-0.39, 0.29) is 18.0 Å². The maximum Gasteiger partial charge on any atom is 0.420 e. The smallest absolute Gasteiger partial charge is 0.420 e. The van der Waals surface area contributed by atoms with Gasteiger partial charge in [-0.3, -0.25) is 4.98 Å². The number of nitrogens with zero attached hydrogens (tertiary/aromatic N) is 1. The largest absolute Gasteiger partial charge is 0.493 e. The number of pyridine rings is 1. The summed E-state index contributed by atoms with van der Waals surface area (Å²) in [4.78, 5) is 3.93. The Morgan fingerprint density at radius 3 is 2.65 bits per heavy atom. The van der Waals surface area contributed by atoms with Gasteiger partial charge in [-0.15, -0.1) is 0 Å². The van der Waals surface area contributed by atoms with Crippen molar-refractivity contribution in [3.8, 4) is 5.75 Å². The molecule has 106 valence electrons. The number of rotatable bonds is 4. The normalized spacial score (nSPS) is 11.3. The fourth-order valence-electron chi connectivity index (χ4n) is 1.72. The summed E-state index contributed by atoms with van der Waals surface area (Å²) < 4.78 is 43.7. The molecular formula is C14H13F3N2O. The van der Waals surface area contributed by atoms with Gasteiger partial charge in [0.05, 0.1) is 12.2 Å². The third-order valence-corrected chi connectivity index (χ3v) is 2.68. The highest BCUT2D eigenvalue weighted by atomic mass is 19.4. The summed E-state index contributed by atoms with van der Waals surface area (Å²) in [5.74, 6) is -0.212. The Hall–Kier alpha value is -2.24. The highest BCUT2D eigenvalue weighted by molar-refractivity contribution is 5.49. The van der Waals surface area contributed by atoms with Crippen LogP contribution in [0.15, 0.2) is 42.7 Å². The number of anilines is 1. The number of benzene rings is 1. The molecule has 0 aliphatic carbocycles. The molecule has 0 spiro atoms. The van der Waals surface area contributed by atoms with Crippen LogP contribution in [0.3, 0.4) is 0 Å². The summed E-state index contributed by atoms with van der Waals surface area (Å²) in [6.45, 7) is 0.138. The number of hydrogen-bond acceptors (Lipinski definition) is 3. The van der Waals surface area contributed by atoms with E-state index < -0.39 is 11.7 Å². The first-order chi connectivity index (χ1) is 9.47. The number of aromatic nitrogens is 1. The standard InChI is InChI=1S/C14H13F3N2O/c15-14(16,17)12-8-11(18)3-4-13(12)20-7-5-10-2-1-6-19-9-10/h1-4,6,8-9H,5,7,18H2. The molecule has 0 radical (unpaired) electrons. The van der Waals surface area contributed by atoms with Gasteiger partial charge in [0.15, 0.2) is 0 Å². The van der Waals surface area contributed by atoms with E-state index in [0.717, 1.165) is 11.6 Å². The molecular weight excluding hydrogens is 269 g/mol. The second kappa shape index (κ2) is 5.81. The van der Waals surface area contributed by atoms with Crippen LogP contribution in [0.1, 0.15) is 11.1 Å². The summed E-state index contributed by atoms with van der Waals surface area (Å²) in [6, 6.07) is 7.10. The first-order valence-corrected chi connectivity index (χ1v) is 5.95. The molecule has 2 aromatic rings. The third kappa shape index (κ3) is 3.63. The van der Waals surface area contributed by atoms with Gasteiger partial charge in [-0.1, -0.05) is 6.07 Å². The summed E-state index contributed by atoms with van der Waals surface area (Å²) in [5, 5.41) is 0. The zero-order chi connectivity index (χ0) is 14.6. The topological polar surface area (TPSA) is 48.1 Å². The zero-order valence-corrected chi connectivity index (χ0v) is 10.5. The number of hydrogen-bond donors (Lipinski definition) is 1. The predicted octanol–water partition coefficient (Wildman–Crippen LogP) is 3.30. The van der Waals surface area contributed by atoms with E-state index in [1.165, 1.54) is 12.1 Å². The van der Waals surface area contributed by atoms with E-state index in [1.54, 1.807) is 18.5 Å². The lowest BCUT2D eigenvalue weighted by molar-refractivity contribution is -0.138. The number of nitrogen functional groups attached to an aromatic ring is 1. The summed E-state index contributed by atoms with van der Waals surface area (Å²) in [5.41, 5.74) is 5.47. The SMILES string of the molecule is Nc1ccc(OCCc2cccnc2)c(C(F)(F)F)c1. The number of nitrogens with two attached hydrogens (primary N) is 1. The first kappa shape index (κ1) is 14.2. The molecule has 0 fully saturated rings. The first-order valence-electron chi connectivity index (χ1n) is 5.95.